The van der Waals surface area contributed by atoms with Gasteiger partial charge in [0.25, 0.3) is 0 Å². The van der Waals surface area contributed by atoms with Crippen LogP contribution in [0.4, 0.5) is 17.3 Å². The van der Waals surface area contributed by atoms with E-state index in [0.717, 1.165) is 37.4 Å². The molecular weight excluding hydrogens is 260 g/mol. The Balaban J connectivity index is 1.95. The molecule has 0 radical (unpaired) electrons. The van der Waals surface area contributed by atoms with Gasteiger partial charge < -0.3 is 10.2 Å². The van der Waals surface area contributed by atoms with Crippen molar-refractivity contribution in [1.29, 1.82) is 0 Å². The highest BCUT2D eigenvalue weighted by atomic mass is 15.2. The van der Waals surface area contributed by atoms with Crippen molar-refractivity contribution in [2.75, 3.05) is 16.8 Å². The molecule has 0 bridgehead atoms. The van der Waals surface area contributed by atoms with Gasteiger partial charge in [-0.25, -0.2) is 9.97 Å². The van der Waals surface area contributed by atoms with Crippen LogP contribution in [0, 0.1) is 0 Å². The summed E-state index contributed by atoms with van der Waals surface area (Å²) in [6, 6.07) is 11.1. The van der Waals surface area contributed by atoms with Gasteiger partial charge in [0.2, 0.25) is 0 Å². The maximum Gasteiger partial charge on any atom is 0.138 e. The summed E-state index contributed by atoms with van der Waals surface area (Å²) in [5, 5.41) is 3.33. The first-order valence-corrected chi connectivity index (χ1v) is 7.72. The number of para-hydroxylation sites is 1. The second-order valence-corrected chi connectivity index (χ2v) is 5.57. The van der Waals surface area contributed by atoms with Crippen LogP contribution in [0.15, 0.2) is 36.7 Å². The number of aromatic nitrogens is 2. The fourth-order valence-corrected chi connectivity index (χ4v) is 2.87. The summed E-state index contributed by atoms with van der Waals surface area (Å²) in [6.07, 6.45) is 5.03. The van der Waals surface area contributed by atoms with Crippen molar-refractivity contribution in [3.63, 3.8) is 0 Å². The number of hydrogen-bond donors (Lipinski definition) is 1. The Morgan fingerprint density at radius 3 is 3.00 bits per heavy atom. The molecule has 1 aromatic heterocycles. The number of nitrogens with zero attached hydrogens (tertiary/aromatic N) is 3. The molecule has 1 aromatic carbocycles. The van der Waals surface area contributed by atoms with Crippen LogP contribution < -0.4 is 10.2 Å². The third-order valence-corrected chi connectivity index (χ3v) is 3.98. The van der Waals surface area contributed by atoms with E-state index in [1.165, 1.54) is 11.3 Å². The lowest BCUT2D eigenvalue weighted by molar-refractivity contribution is 0.613. The van der Waals surface area contributed by atoms with Crippen LogP contribution >= 0.6 is 0 Å². The maximum atomic E-state index is 4.50. The quantitative estimate of drug-likeness (QED) is 0.926. The Morgan fingerprint density at radius 2 is 2.14 bits per heavy atom. The average molecular weight is 282 g/mol. The first-order valence-electron chi connectivity index (χ1n) is 7.72. The van der Waals surface area contributed by atoms with Gasteiger partial charge >= 0.3 is 0 Å². The lowest BCUT2D eigenvalue weighted by Gasteiger charge is -2.36. The summed E-state index contributed by atoms with van der Waals surface area (Å²) in [5.74, 6) is 1.88. The van der Waals surface area contributed by atoms with Gasteiger partial charge in [-0.2, -0.15) is 0 Å². The molecule has 1 atom stereocenters. The van der Waals surface area contributed by atoms with E-state index in [1.54, 1.807) is 6.33 Å². The molecule has 0 saturated carbocycles. The molecule has 4 nitrogen and oxygen atoms in total. The Bertz CT molecular complexity index is 611. The molecule has 21 heavy (non-hydrogen) atoms. The van der Waals surface area contributed by atoms with E-state index in [1.807, 2.05) is 6.07 Å². The lowest BCUT2D eigenvalue weighted by Crippen LogP contribution is -2.33. The Kier molecular flexibility index (Phi) is 4.04. The predicted molar refractivity (Wildman–Crippen MR) is 87.2 cm³/mol. The highest BCUT2D eigenvalue weighted by Gasteiger charge is 2.25. The number of nitrogens with one attached hydrogen (secondary N) is 1. The van der Waals surface area contributed by atoms with Gasteiger partial charge in [-0.15, -0.1) is 0 Å². The van der Waals surface area contributed by atoms with Crippen molar-refractivity contribution >= 4 is 17.3 Å². The van der Waals surface area contributed by atoms with Crippen molar-refractivity contribution in [1.82, 2.24) is 9.97 Å². The number of hydrogen-bond acceptors (Lipinski definition) is 4. The van der Waals surface area contributed by atoms with E-state index < -0.39 is 0 Å². The van der Waals surface area contributed by atoms with E-state index in [0.29, 0.717) is 6.04 Å². The van der Waals surface area contributed by atoms with Crippen LogP contribution in [0.5, 0.6) is 0 Å². The van der Waals surface area contributed by atoms with E-state index in [2.05, 4.69) is 58.3 Å². The molecule has 4 heteroatoms. The number of aryl methyl sites for hydroxylation is 1. The van der Waals surface area contributed by atoms with Crippen molar-refractivity contribution in [2.45, 2.75) is 39.2 Å². The molecule has 0 aliphatic carbocycles. The predicted octanol–water partition coefficient (Wildman–Crippen LogP) is 3.77. The highest BCUT2D eigenvalue weighted by Crippen LogP contribution is 2.35. The summed E-state index contributed by atoms with van der Waals surface area (Å²) < 4.78 is 0. The summed E-state index contributed by atoms with van der Waals surface area (Å²) >= 11 is 0. The van der Waals surface area contributed by atoms with Crippen molar-refractivity contribution in [3.05, 3.63) is 42.2 Å². The third-order valence-electron chi connectivity index (χ3n) is 3.98. The summed E-state index contributed by atoms with van der Waals surface area (Å²) in [4.78, 5) is 11.1. The van der Waals surface area contributed by atoms with Crippen LogP contribution in [-0.2, 0) is 6.42 Å². The number of benzene rings is 1. The minimum atomic E-state index is 0.453. The van der Waals surface area contributed by atoms with Gasteiger partial charge in [-0.05, 0) is 37.8 Å². The number of anilines is 3. The lowest BCUT2D eigenvalue weighted by atomic mass is 9.97. The van der Waals surface area contributed by atoms with Gasteiger partial charge in [-0.3, -0.25) is 0 Å². The SMILES string of the molecule is CCCNc1cc(N2c3ccccc3CCC2C)ncn1. The number of rotatable bonds is 4. The number of fused-ring (bicyclic) bond motifs is 1. The normalized spacial score (nSPS) is 17.4. The molecule has 1 unspecified atom stereocenters. The van der Waals surface area contributed by atoms with E-state index in [-0.39, 0.29) is 0 Å². The molecule has 1 aliphatic rings. The van der Waals surface area contributed by atoms with E-state index in [4.69, 9.17) is 0 Å². The molecule has 2 heterocycles. The summed E-state index contributed by atoms with van der Waals surface area (Å²) in [6.45, 7) is 5.35. The fourth-order valence-electron chi connectivity index (χ4n) is 2.87. The van der Waals surface area contributed by atoms with Crippen LogP contribution in [0.25, 0.3) is 0 Å². The van der Waals surface area contributed by atoms with Gasteiger partial charge in [0.1, 0.15) is 18.0 Å². The molecule has 3 rings (SSSR count). The summed E-state index contributed by atoms with van der Waals surface area (Å²) in [7, 11) is 0. The molecule has 0 spiro atoms. The van der Waals surface area contributed by atoms with Gasteiger partial charge in [-0.1, -0.05) is 25.1 Å². The van der Waals surface area contributed by atoms with Gasteiger partial charge in [0.15, 0.2) is 0 Å². The standard InChI is InChI=1S/C17H22N4/c1-3-10-18-16-11-17(20-12-19-16)21-13(2)8-9-14-6-4-5-7-15(14)21/h4-7,11-13H,3,8-10H2,1-2H3,(H,18,19,20). The zero-order chi connectivity index (χ0) is 14.7. The zero-order valence-corrected chi connectivity index (χ0v) is 12.7. The Labute approximate surface area is 126 Å². The molecule has 0 amide bonds. The fraction of sp³-hybridized carbons (Fsp3) is 0.412. The van der Waals surface area contributed by atoms with Crippen LogP contribution in [-0.4, -0.2) is 22.6 Å². The minimum absolute atomic E-state index is 0.453. The highest BCUT2D eigenvalue weighted by molar-refractivity contribution is 5.67. The minimum Gasteiger partial charge on any atom is -0.370 e. The Morgan fingerprint density at radius 1 is 1.29 bits per heavy atom. The molecule has 0 fully saturated rings. The average Bonchev–Trinajstić information content (AvgIpc) is 2.53. The van der Waals surface area contributed by atoms with E-state index >= 15 is 0 Å². The molecule has 110 valence electrons. The molecule has 0 saturated heterocycles. The Hall–Kier alpha value is -2.10. The van der Waals surface area contributed by atoms with Crippen LogP contribution in [0.3, 0.4) is 0 Å². The van der Waals surface area contributed by atoms with Gasteiger partial charge in [0.05, 0.1) is 0 Å². The second-order valence-electron chi connectivity index (χ2n) is 5.57. The molecule has 1 aliphatic heterocycles. The van der Waals surface area contributed by atoms with Crippen LogP contribution in [0.2, 0.25) is 0 Å². The van der Waals surface area contributed by atoms with Crippen molar-refractivity contribution in [2.24, 2.45) is 0 Å². The first kappa shape index (κ1) is 13.9. The van der Waals surface area contributed by atoms with Crippen LogP contribution in [0.1, 0.15) is 32.3 Å². The van der Waals surface area contributed by atoms with Gasteiger partial charge in [0, 0.05) is 24.3 Å². The largest absolute Gasteiger partial charge is 0.370 e. The van der Waals surface area contributed by atoms with Crippen molar-refractivity contribution < 1.29 is 0 Å². The topological polar surface area (TPSA) is 41.0 Å². The molecular formula is C17H22N4. The van der Waals surface area contributed by atoms with E-state index in [9.17, 15) is 0 Å². The third kappa shape index (κ3) is 2.84. The van der Waals surface area contributed by atoms with Crippen molar-refractivity contribution in [3.8, 4) is 0 Å². The smallest absolute Gasteiger partial charge is 0.138 e. The summed E-state index contributed by atoms with van der Waals surface area (Å²) in [5.41, 5.74) is 2.67. The molecule has 2 aromatic rings. The monoisotopic (exact) mass is 282 g/mol. The maximum absolute atomic E-state index is 4.50. The molecule has 1 N–H and O–H groups in total. The first-order chi connectivity index (χ1) is 10.3. The zero-order valence-electron chi connectivity index (χ0n) is 12.7. The second kappa shape index (κ2) is 6.12.